The second kappa shape index (κ2) is 2.99. The molecule has 1 aromatic carbocycles. The summed E-state index contributed by atoms with van der Waals surface area (Å²) in [5, 5.41) is 3.15. The molecule has 1 fully saturated rings. The highest BCUT2D eigenvalue weighted by Gasteiger charge is 2.18. The molecule has 0 spiro atoms. The number of nitrogens with zero attached hydrogens (tertiary/aromatic N) is 1. The monoisotopic (exact) mass is 190 g/mol. The van der Waals surface area contributed by atoms with Gasteiger partial charge in [0.2, 0.25) is 0 Å². The van der Waals surface area contributed by atoms with Crippen LogP contribution in [0.2, 0.25) is 0 Å². The number of aromatic nitrogens is 1. The zero-order valence-corrected chi connectivity index (χ0v) is 7.56. The Morgan fingerprint density at radius 2 is 2.36 bits per heavy atom. The van der Waals surface area contributed by atoms with Crippen molar-refractivity contribution in [2.45, 2.75) is 6.10 Å². The summed E-state index contributed by atoms with van der Waals surface area (Å²) in [4.78, 5) is 4.04. The molecule has 0 aliphatic carbocycles. The predicted molar refractivity (Wildman–Crippen MR) is 51.3 cm³/mol. The van der Waals surface area contributed by atoms with Crippen molar-refractivity contribution in [3.63, 3.8) is 0 Å². The molecule has 0 amide bonds. The lowest BCUT2D eigenvalue weighted by atomic mass is 10.2. The summed E-state index contributed by atoms with van der Waals surface area (Å²) >= 11 is 0. The Hall–Kier alpha value is -1.55. The molecule has 4 nitrogen and oxygen atoms in total. The molecular weight excluding hydrogens is 180 g/mol. The molecule has 2 heterocycles. The van der Waals surface area contributed by atoms with Gasteiger partial charge in [-0.25, -0.2) is 4.98 Å². The summed E-state index contributed by atoms with van der Waals surface area (Å²) in [7, 11) is 0. The Morgan fingerprint density at radius 3 is 3.14 bits per heavy atom. The van der Waals surface area contributed by atoms with Crippen molar-refractivity contribution in [1.82, 2.24) is 10.3 Å². The lowest BCUT2D eigenvalue weighted by Crippen LogP contribution is -2.50. The smallest absolute Gasteiger partial charge is 0.181 e. The summed E-state index contributed by atoms with van der Waals surface area (Å²) < 4.78 is 10.9. The maximum atomic E-state index is 5.68. The van der Waals surface area contributed by atoms with Crippen LogP contribution in [0.1, 0.15) is 0 Å². The van der Waals surface area contributed by atoms with Gasteiger partial charge in [0.05, 0.1) is 0 Å². The van der Waals surface area contributed by atoms with Crippen molar-refractivity contribution in [3.05, 3.63) is 24.6 Å². The minimum Gasteiger partial charge on any atom is -0.488 e. The molecule has 0 atom stereocenters. The van der Waals surface area contributed by atoms with Gasteiger partial charge in [0, 0.05) is 19.2 Å². The minimum absolute atomic E-state index is 0.301. The number of oxazole rings is 1. The average Bonchev–Trinajstić information content (AvgIpc) is 2.58. The highest BCUT2D eigenvalue weighted by molar-refractivity contribution is 5.73. The first-order valence-electron chi connectivity index (χ1n) is 4.62. The number of rotatable bonds is 2. The molecule has 1 saturated heterocycles. The van der Waals surface area contributed by atoms with E-state index >= 15 is 0 Å². The molecule has 3 rings (SSSR count). The lowest BCUT2D eigenvalue weighted by Gasteiger charge is -2.27. The number of hydrogen-bond donors (Lipinski definition) is 1. The van der Waals surface area contributed by atoms with Crippen molar-refractivity contribution in [3.8, 4) is 5.75 Å². The number of benzene rings is 1. The highest BCUT2D eigenvalue weighted by Crippen LogP contribution is 2.21. The Labute approximate surface area is 80.9 Å². The van der Waals surface area contributed by atoms with Crippen molar-refractivity contribution in [2.24, 2.45) is 0 Å². The van der Waals surface area contributed by atoms with E-state index in [1.807, 2.05) is 18.2 Å². The van der Waals surface area contributed by atoms with Gasteiger partial charge >= 0.3 is 0 Å². The first-order chi connectivity index (χ1) is 6.92. The summed E-state index contributed by atoms with van der Waals surface area (Å²) in [5.41, 5.74) is 1.64. The molecule has 0 unspecified atom stereocenters. The average molecular weight is 190 g/mol. The Morgan fingerprint density at radius 1 is 1.43 bits per heavy atom. The van der Waals surface area contributed by atoms with Gasteiger partial charge in [0.1, 0.15) is 17.4 Å². The van der Waals surface area contributed by atoms with Crippen LogP contribution in [0.25, 0.3) is 11.1 Å². The zero-order chi connectivity index (χ0) is 9.38. The molecule has 2 aromatic rings. The highest BCUT2D eigenvalue weighted by atomic mass is 16.5. The first-order valence-corrected chi connectivity index (χ1v) is 4.62. The molecule has 0 bridgehead atoms. The van der Waals surface area contributed by atoms with Crippen LogP contribution in [-0.2, 0) is 0 Å². The molecule has 0 radical (unpaired) electrons. The van der Waals surface area contributed by atoms with Crippen LogP contribution >= 0.6 is 0 Å². The van der Waals surface area contributed by atoms with Gasteiger partial charge in [0.15, 0.2) is 12.0 Å². The largest absolute Gasteiger partial charge is 0.488 e. The molecule has 0 saturated carbocycles. The van der Waals surface area contributed by atoms with Gasteiger partial charge in [-0.1, -0.05) is 0 Å². The molecule has 14 heavy (non-hydrogen) atoms. The SMILES string of the molecule is c1nc2ccc(OC3CNC3)cc2o1. The molecule has 1 aromatic heterocycles. The fourth-order valence-electron chi connectivity index (χ4n) is 1.45. The van der Waals surface area contributed by atoms with Crippen molar-refractivity contribution < 1.29 is 9.15 Å². The summed E-state index contributed by atoms with van der Waals surface area (Å²) in [6.07, 6.45) is 1.75. The van der Waals surface area contributed by atoms with Crippen LogP contribution in [-0.4, -0.2) is 24.2 Å². The second-order valence-electron chi connectivity index (χ2n) is 3.38. The van der Waals surface area contributed by atoms with Gasteiger partial charge < -0.3 is 14.5 Å². The second-order valence-corrected chi connectivity index (χ2v) is 3.38. The van der Waals surface area contributed by atoms with E-state index in [2.05, 4.69) is 10.3 Å². The normalized spacial score (nSPS) is 16.9. The predicted octanol–water partition coefficient (Wildman–Crippen LogP) is 1.18. The van der Waals surface area contributed by atoms with E-state index < -0.39 is 0 Å². The number of nitrogens with one attached hydrogen (secondary N) is 1. The van der Waals surface area contributed by atoms with Gasteiger partial charge in [0.25, 0.3) is 0 Å². The van der Waals surface area contributed by atoms with Crippen LogP contribution in [0.15, 0.2) is 29.0 Å². The zero-order valence-electron chi connectivity index (χ0n) is 7.56. The number of fused-ring (bicyclic) bond motifs is 1. The van der Waals surface area contributed by atoms with Crippen LogP contribution in [0.3, 0.4) is 0 Å². The van der Waals surface area contributed by atoms with E-state index in [0.717, 1.165) is 29.9 Å². The van der Waals surface area contributed by atoms with E-state index in [1.54, 1.807) is 0 Å². The summed E-state index contributed by atoms with van der Waals surface area (Å²) in [6, 6.07) is 5.70. The third-order valence-electron chi connectivity index (χ3n) is 2.35. The fourth-order valence-corrected chi connectivity index (χ4v) is 1.45. The van der Waals surface area contributed by atoms with Crippen LogP contribution in [0, 0.1) is 0 Å². The van der Waals surface area contributed by atoms with Crippen LogP contribution in [0.5, 0.6) is 5.75 Å². The summed E-state index contributed by atoms with van der Waals surface area (Å²) in [6.45, 7) is 1.85. The third kappa shape index (κ3) is 1.24. The van der Waals surface area contributed by atoms with Gasteiger partial charge in [-0.05, 0) is 12.1 Å². The Bertz CT molecular complexity index is 448. The van der Waals surface area contributed by atoms with Crippen LogP contribution < -0.4 is 10.1 Å². The van der Waals surface area contributed by atoms with E-state index in [-0.39, 0.29) is 0 Å². The van der Waals surface area contributed by atoms with Crippen molar-refractivity contribution in [1.29, 1.82) is 0 Å². The van der Waals surface area contributed by atoms with E-state index in [0.29, 0.717) is 6.10 Å². The van der Waals surface area contributed by atoms with E-state index in [1.165, 1.54) is 6.39 Å². The molecule has 1 N–H and O–H groups in total. The quantitative estimate of drug-likeness (QED) is 0.772. The maximum Gasteiger partial charge on any atom is 0.181 e. The lowest BCUT2D eigenvalue weighted by molar-refractivity contribution is 0.142. The Kier molecular flexibility index (Phi) is 1.67. The summed E-state index contributed by atoms with van der Waals surface area (Å²) in [5.74, 6) is 0.848. The molecular formula is C10H10N2O2. The number of ether oxygens (including phenoxy) is 1. The van der Waals surface area contributed by atoms with Crippen molar-refractivity contribution in [2.75, 3.05) is 13.1 Å². The maximum absolute atomic E-state index is 5.68. The fraction of sp³-hybridized carbons (Fsp3) is 0.300. The van der Waals surface area contributed by atoms with Gasteiger partial charge in [-0.3, -0.25) is 0 Å². The van der Waals surface area contributed by atoms with Gasteiger partial charge in [-0.15, -0.1) is 0 Å². The third-order valence-corrected chi connectivity index (χ3v) is 2.35. The first kappa shape index (κ1) is 7.82. The molecule has 1 aliphatic rings. The molecule has 4 heteroatoms. The Balaban J connectivity index is 1.88. The van der Waals surface area contributed by atoms with Crippen molar-refractivity contribution >= 4 is 11.1 Å². The minimum atomic E-state index is 0.301. The van der Waals surface area contributed by atoms with Crippen LogP contribution in [0.4, 0.5) is 0 Å². The van der Waals surface area contributed by atoms with E-state index in [4.69, 9.17) is 9.15 Å². The van der Waals surface area contributed by atoms with E-state index in [9.17, 15) is 0 Å². The standard InChI is InChI=1S/C10H10N2O2/c1-2-9-10(13-6-12-9)3-7(1)14-8-4-11-5-8/h1-3,6,8,11H,4-5H2. The van der Waals surface area contributed by atoms with Gasteiger partial charge in [-0.2, -0.15) is 0 Å². The molecule has 1 aliphatic heterocycles. The molecule has 72 valence electrons. The topological polar surface area (TPSA) is 47.3 Å². The number of hydrogen-bond acceptors (Lipinski definition) is 4.